The fraction of sp³-hybridized carbons (Fsp3) is 0.154. The van der Waals surface area contributed by atoms with E-state index in [9.17, 15) is 23.1 Å². The number of hydrazone groups is 1. The zero-order chi connectivity index (χ0) is 17.2. The molecule has 2 aromatic heterocycles. The van der Waals surface area contributed by atoms with Crippen LogP contribution in [-0.4, -0.2) is 16.3 Å². The highest BCUT2D eigenvalue weighted by Crippen LogP contribution is 2.32. The fourth-order valence-corrected chi connectivity index (χ4v) is 1.77. The molecule has 0 atom stereocenters. The molecule has 0 radical (unpaired) electrons. The summed E-state index contributed by atoms with van der Waals surface area (Å²) in [6, 6.07) is 1.90. The van der Waals surface area contributed by atoms with E-state index in [1.54, 1.807) is 0 Å². The number of aryl methyl sites for hydroxylation is 1. The predicted molar refractivity (Wildman–Crippen MR) is 76.8 cm³/mol. The molecular formula is C13H9ClF3N3O3. The molecule has 0 aliphatic rings. The highest BCUT2D eigenvalue weighted by Gasteiger charge is 2.31. The van der Waals surface area contributed by atoms with Gasteiger partial charge in [0.25, 0.3) is 0 Å². The number of pyridine rings is 1. The quantitative estimate of drug-likeness (QED) is 0.657. The van der Waals surface area contributed by atoms with Crippen molar-refractivity contribution in [2.24, 2.45) is 5.10 Å². The number of hydrogen-bond acceptors (Lipinski definition) is 6. The van der Waals surface area contributed by atoms with Crippen LogP contribution in [0.4, 0.5) is 19.0 Å². The Labute approximate surface area is 132 Å². The van der Waals surface area contributed by atoms with Crippen LogP contribution in [0.3, 0.4) is 0 Å². The van der Waals surface area contributed by atoms with Crippen LogP contribution >= 0.6 is 11.6 Å². The molecule has 0 fully saturated rings. The molecule has 122 valence electrons. The lowest BCUT2D eigenvalue weighted by Gasteiger charge is -2.08. The van der Waals surface area contributed by atoms with Crippen molar-refractivity contribution >= 4 is 23.6 Å². The van der Waals surface area contributed by atoms with Gasteiger partial charge in [-0.3, -0.25) is 5.43 Å². The maximum absolute atomic E-state index is 12.5. The summed E-state index contributed by atoms with van der Waals surface area (Å²) in [6.45, 7) is 1.48. The third-order valence-electron chi connectivity index (χ3n) is 2.62. The first-order valence-electron chi connectivity index (χ1n) is 6.04. The molecule has 23 heavy (non-hydrogen) atoms. The monoisotopic (exact) mass is 347 g/mol. The predicted octanol–water partition coefficient (Wildman–Crippen LogP) is 3.17. The van der Waals surface area contributed by atoms with Gasteiger partial charge < -0.3 is 9.52 Å². The molecule has 10 heteroatoms. The molecular weight excluding hydrogens is 339 g/mol. The Balaban J connectivity index is 2.20. The second-order valence-corrected chi connectivity index (χ2v) is 4.77. The Morgan fingerprint density at radius 3 is 2.70 bits per heavy atom. The van der Waals surface area contributed by atoms with Crippen molar-refractivity contribution in [2.45, 2.75) is 13.1 Å². The Bertz CT molecular complexity index is 818. The van der Waals surface area contributed by atoms with Crippen molar-refractivity contribution in [1.29, 1.82) is 0 Å². The molecule has 0 aromatic carbocycles. The van der Waals surface area contributed by atoms with Crippen molar-refractivity contribution in [3.05, 3.63) is 50.7 Å². The first-order chi connectivity index (χ1) is 10.7. The first-order valence-corrected chi connectivity index (χ1v) is 6.42. The number of aromatic nitrogens is 1. The molecule has 0 bridgehead atoms. The normalized spacial score (nSPS) is 11.9. The summed E-state index contributed by atoms with van der Waals surface area (Å²) in [5.74, 6) is -0.284. The number of anilines is 1. The van der Waals surface area contributed by atoms with Crippen LogP contribution in [0.1, 0.15) is 16.9 Å². The molecule has 2 heterocycles. The maximum atomic E-state index is 12.5. The number of halogens is 4. The van der Waals surface area contributed by atoms with Crippen molar-refractivity contribution < 1.29 is 22.7 Å². The van der Waals surface area contributed by atoms with E-state index in [2.05, 4.69) is 15.5 Å². The van der Waals surface area contributed by atoms with E-state index in [0.717, 1.165) is 6.21 Å². The molecule has 0 amide bonds. The van der Waals surface area contributed by atoms with Crippen LogP contribution in [0.25, 0.3) is 0 Å². The molecule has 0 spiro atoms. The lowest BCUT2D eigenvalue weighted by molar-refractivity contribution is -0.137. The second kappa shape index (κ2) is 6.29. The maximum Gasteiger partial charge on any atom is 0.417 e. The number of aromatic hydroxyl groups is 1. The number of alkyl halides is 3. The summed E-state index contributed by atoms with van der Waals surface area (Å²) in [4.78, 5) is 15.0. The molecule has 6 nitrogen and oxygen atoms in total. The van der Waals surface area contributed by atoms with Crippen molar-refractivity contribution in [3.8, 4) is 5.75 Å². The van der Waals surface area contributed by atoms with Crippen LogP contribution in [-0.2, 0) is 6.18 Å². The summed E-state index contributed by atoms with van der Waals surface area (Å²) in [5.41, 5.74) is 0.221. The summed E-state index contributed by atoms with van der Waals surface area (Å²) in [6.07, 6.45) is -3.04. The van der Waals surface area contributed by atoms with Crippen molar-refractivity contribution in [3.63, 3.8) is 0 Å². The molecule has 0 aliphatic carbocycles. The molecule has 2 N–H and O–H groups in total. The summed E-state index contributed by atoms with van der Waals surface area (Å²) >= 11 is 5.67. The van der Waals surface area contributed by atoms with Gasteiger partial charge in [-0.15, -0.1) is 0 Å². The van der Waals surface area contributed by atoms with Gasteiger partial charge in [0.1, 0.15) is 17.1 Å². The molecule has 0 saturated carbocycles. The van der Waals surface area contributed by atoms with E-state index in [0.29, 0.717) is 12.3 Å². The lowest BCUT2D eigenvalue weighted by atomic mass is 10.2. The average Bonchev–Trinajstić information content (AvgIpc) is 2.42. The molecule has 0 saturated heterocycles. The largest absolute Gasteiger partial charge is 0.507 e. The zero-order valence-corrected chi connectivity index (χ0v) is 12.2. The highest BCUT2D eigenvalue weighted by atomic mass is 35.5. The Morgan fingerprint density at radius 2 is 2.13 bits per heavy atom. The van der Waals surface area contributed by atoms with Crippen LogP contribution in [0.15, 0.2) is 32.6 Å². The third-order valence-corrected chi connectivity index (χ3v) is 2.91. The average molecular weight is 348 g/mol. The van der Waals surface area contributed by atoms with Gasteiger partial charge in [0.2, 0.25) is 0 Å². The standard InChI is InChI=1S/C13H9ClF3N3O3/c1-6-2-10(21)8(12(22)23-6)5-19-20-11-9(14)3-7(4-18-11)13(15,16)17/h2-5,21H,1H3,(H,18,20). The minimum atomic E-state index is -4.56. The fourth-order valence-electron chi connectivity index (χ4n) is 1.56. The van der Waals surface area contributed by atoms with Gasteiger partial charge >= 0.3 is 11.8 Å². The van der Waals surface area contributed by atoms with E-state index >= 15 is 0 Å². The summed E-state index contributed by atoms with van der Waals surface area (Å²) < 4.78 is 42.2. The van der Waals surface area contributed by atoms with Crippen LogP contribution < -0.4 is 11.1 Å². The van der Waals surface area contributed by atoms with Gasteiger partial charge in [-0.05, 0) is 13.0 Å². The van der Waals surface area contributed by atoms with E-state index in [1.807, 2.05) is 0 Å². The van der Waals surface area contributed by atoms with Crippen molar-refractivity contribution in [2.75, 3.05) is 5.43 Å². The van der Waals surface area contributed by atoms with Gasteiger partial charge in [-0.2, -0.15) is 18.3 Å². The summed E-state index contributed by atoms with van der Waals surface area (Å²) in [7, 11) is 0. The van der Waals surface area contributed by atoms with Crippen molar-refractivity contribution in [1.82, 2.24) is 4.98 Å². The number of hydrogen-bond donors (Lipinski definition) is 2. The Hall–Kier alpha value is -2.55. The first kappa shape index (κ1) is 16.8. The number of nitrogens with one attached hydrogen (secondary N) is 1. The Morgan fingerprint density at radius 1 is 1.43 bits per heavy atom. The van der Waals surface area contributed by atoms with Gasteiger partial charge in [0, 0.05) is 12.3 Å². The van der Waals surface area contributed by atoms with Gasteiger partial charge in [0.05, 0.1) is 16.8 Å². The van der Waals surface area contributed by atoms with E-state index < -0.39 is 17.4 Å². The summed E-state index contributed by atoms with van der Waals surface area (Å²) in [5, 5.41) is 12.9. The number of nitrogens with zero attached hydrogens (tertiary/aromatic N) is 2. The molecule has 0 unspecified atom stereocenters. The smallest absolute Gasteiger partial charge is 0.417 e. The Kier molecular flexibility index (Phi) is 4.60. The number of rotatable bonds is 3. The minimum absolute atomic E-state index is 0.146. The van der Waals surface area contributed by atoms with Gasteiger partial charge in [0.15, 0.2) is 5.82 Å². The van der Waals surface area contributed by atoms with E-state index in [-0.39, 0.29) is 27.9 Å². The zero-order valence-electron chi connectivity index (χ0n) is 11.5. The topological polar surface area (TPSA) is 87.7 Å². The second-order valence-electron chi connectivity index (χ2n) is 4.37. The lowest BCUT2D eigenvalue weighted by Crippen LogP contribution is -2.09. The van der Waals surface area contributed by atoms with Gasteiger partial charge in [-0.25, -0.2) is 9.78 Å². The van der Waals surface area contributed by atoms with Gasteiger partial charge in [-0.1, -0.05) is 11.6 Å². The molecule has 2 aromatic rings. The molecule has 0 aliphatic heterocycles. The third kappa shape index (κ3) is 4.01. The minimum Gasteiger partial charge on any atom is -0.507 e. The van der Waals surface area contributed by atoms with Crippen LogP contribution in [0.5, 0.6) is 5.75 Å². The van der Waals surface area contributed by atoms with E-state index in [4.69, 9.17) is 16.0 Å². The molecule has 2 rings (SSSR count). The van der Waals surface area contributed by atoms with Crippen LogP contribution in [0, 0.1) is 6.92 Å². The SMILES string of the molecule is Cc1cc(O)c(C=NNc2ncc(C(F)(F)F)cc2Cl)c(=O)o1. The van der Waals surface area contributed by atoms with E-state index in [1.165, 1.54) is 13.0 Å². The highest BCUT2D eigenvalue weighted by molar-refractivity contribution is 6.32. The van der Waals surface area contributed by atoms with Crippen LogP contribution in [0.2, 0.25) is 5.02 Å².